The van der Waals surface area contributed by atoms with E-state index in [0.29, 0.717) is 50.3 Å². The average molecular weight is 661 g/mol. The van der Waals surface area contributed by atoms with Gasteiger partial charge in [-0.1, -0.05) is 37.1 Å². The number of nitrogens with one attached hydrogen (secondary N) is 1. The van der Waals surface area contributed by atoms with Gasteiger partial charge in [0.2, 0.25) is 0 Å². The monoisotopic (exact) mass is 660 g/mol. The highest BCUT2D eigenvalue weighted by Crippen LogP contribution is 2.36. The van der Waals surface area contributed by atoms with Gasteiger partial charge in [0.1, 0.15) is 17.9 Å². The summed E-state index contributed by atoms with van der Waals surface area (Å²) in [6, 6.07) is 16.5. The van der Waals surface area contributed by atoms with Crippen molar-refractivity contribution < 1.29 is 28.6 Å². The minimum atomic E-state index is -0.820. The number of benzene rings is 3. The van der Waals surface area contributed by atoms with Gasteiger partial charge in [-0.25, -0.2) is 9.69 Å². The number of halogens is 2. The quantitative estimate of drug-likeness (QED) is 0.118. The maximum absolute atomic E-state index is 13.3. The fourth-order valence-corrected chi connectivity index (χ4v) is 4.69. The molecule has 1 aliphatic heterocycles. The van der Waals surface area contributed by atoms with Crippen molar-refractivity contribution in [2.24, 2.45) is 0 Å². The summed E-state index contributed by atoms with van der Waals surface area (Å²) in [5.41, 5.74) is 1.59. The molecule has 202 valence electrons. The van der Waals surface area contributed by atoms with Gasteiger partial charge in [0.05, 0.1) is 23.0 Å². The van der Waals surface area contributed by atoms with Gasteiger partial charge in [0, 0.05) is 5.02 Å². The average Bonchev–Trinajstić information content (AvgIpc) is 2.92. The highest BCUT2D eigenvalue weighted by Gasteiger charge is 2.37. The van der Waals surface area contributed by atoms with Crippen LogP contribution in [0.2, 0.25) is 5.02 Å². The number of hydrogen-bond acceptors (Lipinski definition) is 6. The maximum Gasteiger partial charge on any atom is 0.335 e. The summed E-state index contributed by atoms with van der Waals surface area (Å²) >= 11 is 8.05. The lowest BCUT2D eigenvalue weighted by atomic mass is 10.1. The van der Waals surface area contributed by atoms with Crippen LogP contribution in [0.25, 0.3) is 6.08 Å². The fraction of sp³-hybridized carbons (Fsp3) is 0.207. The lowest BCUT2D eigenvalue weighted by Gasteiger charge is -2.26. The second-order valence-corrected chi connectivity index (χ2v) is 10.2. The van der Waals surface area contributed by atoms with E-state index >= 15 is 0 Å². The predicted octanol–water partition coefficient (Wildman–Crippen LogP) is 6.38. The molecule has 1 aliphatic rings. The third-order valence-corrected chi connectivity index (χ3v) is 6.88. The molecule has 0 unspecified atom stereocenters. The Morgan fingerprint density at radius 2 is 1.72 bits per heavy atom. The summed E-state index contributed by atoms with van der Waals surface area (Å²) in [7, 11) is 1.51. The van der Waals surface area contributed by atoms with Crippen molar-refractivity contribution in [3.05, 3.63) is 86.0 Å². The third kappa shape index (κ3) is 6.90. The molecule has 10 heteroatoms. The van der Waals surface area contributed by atoms with Crippen molar-refractivity contribution in [1.82, 2.24) is 5.32 Å². The van der Waals surface area contributed by atoms with Gasteiger partial charge in [0.15, 0.2) is 11.5 Å². The summed E-state index contributed by atoms with van der Waals surface area (Å²) in [4.78, 5) is 39.5. The van der Waals surface area contributed by atoms with Crippen molar-refractivity contribution >= 4 is 63.8 Å². The first kappa shape index (κ1) is 28.4. The summed E-state index contributed by atoms with van der Waals surface area (Å²) in [5, 5.41) is 2.88. The molecule has 1 N–H and O–H groups in total. The normalized spacial score (nSPS) is 14.4. The number of imide groups is 2. The van der Waals surface area contributed by atoms with E-state index < -0.39 is 17.8 Å². The Morgan fingerprint density at radius 3 is 2.38 bits per heavy atom. The van der Waals surface area contributed by atoms with Crippen LogP contribution < -0.4 is 24.4 Å². The molecule has 0 atom stereocenters. The van der Waals surface area contributed by atoms with Crippen LogP contribution >= 0.6 is 34.2 Å². The molecule has 39 heavy (non-hydrogen) atoms. The number of carbonyl (C=O) groups is 3. The van der Waals surface area contributed by atoms with Crippen molar-refractivity contribution in [3.8, 4) is 17.2 Å². The van der Waals surface area contributed by atoms with E-state index in [1.54, 1.807) is 48.5 Å². The molecular formula is C29H26ClIN2O6. The van der Waals surface area contributed by atoms with Gasteiger partial charge < -0.3 is 14.2 Å². The smallest absolute Gasteiger partial charge is 0.335 e. The highest BCUT2D eigenvalue weighted by atomic mass is 127. The molecule has 1 heterocycles. The summed E-state index contributed by atoms with van der Waals surface area (Å²) in [5.74, 6) is 0.0628. The van der Waals surface area contributed by atoms with Gasteiger partial charge in [-0.3, -0.25) is 14.9 Å². The number of carbonyl (C=O) groups excluding carboxylic acids is 3. The summed E-state index contributed by atoms with van der Waals surface area (Å²) < 4.78 is 17.9. The van der Waals surface area contributed by atoms with Crippen molar-refractivity contribution in [1.29, 1.82) is 0 Å². The zero-order chi connectivity index (χ0) is 27.9. The van der Waals surface area contributed by atoms with E-state index in [-0.39, 0.29) is 5.57 Å². The first-order chi connectivity index (χ1) is 18.8. The fourth-order valence-electron chi connectivity index (χ4n) is 3.78. The topological polar surface area (TPSA) is 94.2 Å². The summed E-state index contributed by atoms with van der Waals surface area (Å²) in [6.07, 6.45) is 3.35. The number of hydrogen-bond donors (Lipinski definition) is 1. The van der Waals surface area contributed by atoms with Crippen LogP contribution in [0, 0.1) is 3.57 Å². The molecule has 3 aromatic rings. The predicted molar refractivity (Wildman–Crippen MR) is 157 cm³/mol. The van der Waals surface area contributed by atoms with Gasteiger partial charge >= 0.3 is 6.03 Å². The van der Waals surface area contributed by atoms with E-state index in [1.165, 1.54) is 13.2 Å². The molecule has 1 saturated heterocycles. The zero-order valence-electron chi connectivity index (χ0n) is 21.3. The first-order valence-corrected chi connectivity index (χ1v) is 13.7. The molecule has 0 radical (unpaired) electrons. The van der Waals surface area contributed by atoms with Gasteiger partial charge in [-0.15, -0.1) is 0 Å². The number of methoxy groups -OCH3 is 1. The standard InChI is InChI=1S/C29H26ClIN2O6/c1-3-4-13-38-22-11-9-21(10-12-22)33-28(35)23(27(34)32-29(33)36)14-19-15-24(31)26(25(16-19)37-2)39-17-18-5-7-20(30)8-6-18/h5-12,14-16H,3-4,13,17H2,1-2H3,(H,32,34,36)/b23-14-. The molecule has 0 bridgehead atoms. The molecule has 4 rings (SSSR count). The van der Waals surface area contributed by atoms with Crippen LogP contribution in [-0.4, -0.2) is 31.6 Å². The van der Waals surface area contributed by atoms with E-state index in [0.717, 1.165) is 23.3 Å². The van der Waals surface area contributed by atoms with E-state index in [2.05, 4.69) is 34.8 Å². The Kier molecular flexibility index (Phi) is 9.47. The lowest BCUT2D eigenvalue weighted by molar-refractivity contribution is -0.122. The number of nitrogens with zero attached hydrogens (tertiary/aromatic N) is 1. The molecule has 0 saturated carbocycles. The molecule has 1 fully saturated rings. The van der Waals surface area contributed by atoms with E-state index in [4.69, 9.17) is 25.8 Å². The Hall–Kier alpha value is -3.57. The van der Waals surface area contributed by atoms with Gasteiger partial charge in [0.25, 0.3) is 11.8 Å². The maximum atomic E-state index is 13.3. The van der Waals surface area contributed by atoms with Crippen LogP contribution in [0.15, 0.2) is 66.2 Å². The van der Waals surface area contributed by atoms with Crippen molar-refractivity contribution in [2.45, 2.75) is 26.4 Å². The number of unbranched alkanes of at least 4 members (excludes halogenated alkanes) is 1. The van der Waals surface area contributed by atoms with Crippen LogP contribution in [0.4, 0.5) is 10.5 Å². The number of anilines is 1. The number of ether oxygens (including phenoxy) is 3. The van der Waals surface area contributed by atoms with E-state index in [9.17, 15) is 14.4 Å². The second kappa shape index (κ2) is 13.0. The van der Waals surface area contributed by atoms with Crippen molar-refractivity contribution in [2.75, 3.05) is 18.6 Å². The second-order valence-electron chi connectivity index (χ2n) is 8.60. The number of urea groups is 1. The Morgan fingerprint density at radius 1 is 1.00 bits per heavy atom. The molecular weight excluding hydrogens is 635 g/mol. The van der Waals surface area contributed by atoms with Gasteiger partial charge in [-0.05, 0) is 94.7 Å². The lowest BCUT2D eigenvalue weighted by Crippen LogP contribution is -2.54. The SMILES string of the molecule is CCCCOc1ccc(N2C(=O)NC(=O)/C(=C/c3cc(I)c(OCc4ccc(Cl)cc4)c(OC)c3)C2=O)cc1. The molecule has 3 aromatic carbocycles. The molecule has 0 aromatic heterocycles. The van der Waals surface area contributed by atoms with Crippen molar-refractivity contribution in [3.63, 3.8) is 0 Å². The Bertz CT molecular complexity index is 1410. The molecule has 4 amide bonds. The van der Waals surface area contributed by atoms with Crippen LogP contribution in [-0.2, 0) is 16.2 Å². The first-order valence-electron chi connectivity index (χ1n) is 12.2. The minimum Gasteiger partial charge on any atom is -0.494 e. The molecule has 0 aliphatic carbocycles. The highest BCUT2D eigenvalue weighted by molar-refractivity contribution is 14.1. The van der Waals surface area contributed by atoms with Crippen LogP contribution in [0.3, 0.4) is 0 Å². The van der Waals surface area contributed by atoms with E-state index in [1.807, 2.05) is 12.1 Å². The van der Waals surface area contributed by atoms with Gasteiger partial charge in [-0.2, -0.15) is 0 Å². The number of barbiturate groups is 1. The number of amides is 4. The van der Waals surface area contributed by atoms with Crippen LogP contribution in [0.5, 0.6) is 17.2 Å². The molecule has 0 spiro atoms. The largest absolute Gasteiger partial charge is 0.494 e. The third-order valence-electron chi connectivity index (χ3n) is 5.82. The molecule has 8 nitrogen and oxygen atoms in total. The number of rotatable bonds is 10. The summed E-state index contributed by atoms with van der Waals surface area (Å²) in [6.45, 7) is 2.94. The minimum absolute atomic E-state index is 0.189. The zero-order valence-corrected chi connectivity index (χ0v) is 24.2. The Balaban J connectivity index is 1.57. The van der Waals surface area contributed by atoms with Crippen LogP contribution in [0.1, 0.15) is 30.9 Å². The Labute approximate surface area is 245 Å².